The lowest BCUT2D eigenvalue weighted by Crippen LogP contribution is -2.49. The molecule has 0 saturated carbocycles. The molecule has 0 bridgehead atoms. The molecular weight excluding hydrogens is 293 g/mol. The van der Waals surface area contributed by atoms with E-state index in [1.807, 2.05) is 0 Å². The number of benzene rings is 1. The summed E-state index contributed by atoms with van der Waals surface area (Å²) in [5.41, 5.74) is -0.894. The zero-order valence-electron chi connectivity index (χ0n) is 10.6. The Bertz CT molecular complexity index is 568. The van der Waals surface area contributed by atoms with E-state index < -0.39 is 21.8 Å². The fraction of sp³-hybridized carbons (Fsp3) is 0.500. The Morgan fingerprint density at radius 2 is 1.95 bits per heavy atom. The molecule has 1 aromatic rings. The lowest BCUT2D eigenvalue weighted by molar-refractivity contribution is -0.138. The predicted molar refractivity (Wildman–Crippen MR) is 68.5 cm³/mol. The van der Waals surface area contributed by atoms with E-state index >= 15 is 0 Å². The van der Waals surface area contributed by atoms with E-state index in [2.05, 4.69) is 10.0 Å². The molecule has 1 atom stereocenters. The predicted octanol–water partition coefficient (Wildman–Crippen LogP) is 1.49. The summed E-state index contributed by atoms with van der Waals surface area (Å²) >= 11 is 0. The summed E-state index contributed by atoms with van der Waals surface area (Å²) < 4.78 is 64.0. The summed E-state index contributed by atoms with van der Waals surface area (Å²) in [7, 11) is -3.58. The number of rotatable bonds is 5. The van der Waals surface area contributed by atoms with Gasteiger partial charge in [-0.1, -0.05) is 18.2 Å². The van der Waals surface area contributed by atoms with Crippen LogP contribution in [0.1, 0.15) is 17.5 Å². The second-order valence-electron chi connectivity index (χ2n) is 4.70. The first-order chi connectivity index (χ1) is 9.28. The van der Waals surface area contributed by atoms with Gasteiger partial charge in [-0.2, -0.15) is 13.2 Å². The summed E-state index contributed by atoms with van der Waals surface area (Å²) in [4.78, 5) is 0. The van der Waals surface area contributed by atoms with E-state index in [1.165, 1.54) is 18.2 Å². The minimum atomic E-state index is -4.49. The molecule has 112 valence electrons. The number of halogens is 3. The Morgan fingerprint density at radius 1 is 1.30 bits per heavy atom. The Hall–Kier alpha value is -1.12. The zero-order chi connectivity index (χ0) is 14.8. The van der Waals surface area contributed by atoms with E-state index in [9.17, 15) is 21.6 Å². The zero-order valence-corrected chi connectivity index (χ0v) is 11.4. The molecule has 1 saturated heterocycles. The molecule has 0 spiro atoms. The van der Waals surface area contributed by atoms with Crippen molar-refractivity contribution in [1.29, 1.82) is 0 Å². The van der Waals surface area contributed by atoms with E-state index in [1.54, 1.807) is 0 Å². The van der Waals surface area contributed by atoms with Crippen molar-refractivity contribution < 1.29 is 21.6 Å². The molecule has 8 heteroatoms. The highest BCUT2D eigenvalue weighted by Crippen LogP contribution is 2.31. The van der Waals surface area contributed by atoms with Crippen LogP contribution in [-0.2, 0) is 22.7 Å². The van der Waals surface area contributed by atoms with Crippen molar-refractivity contribution in [2.24, 2.45) is 0 Å². The van der Waals surface area contributed by atoms with Crippen molar-refractivity contribution >= 4 is 10.0 Å². The molecule has 2 N–H and O–H groups in total. The topological polar surface area (TPSA) is 58.2 Å². The molecule has 1 aromatic carbocycles. The summed E-state index contributed by atoms with van der Waals surface area (Å²) in [6, 6.07) is 4.83. The number of hydrogen-bond donors (Lipinski definition) is 2. The molecule has 1 heterocycles. The van der Waals surface area contributed by atoms with Gasteiger partial charge in [0, 0.05) is 12.6 Å². The Kier molecular flexibility index (Phi) is 4.36. The van der Waals surface area contributed by atoms with Gasteiger partial charge in [-0.25, -0.2) is 13.1 Å². The normalized spacial score (nSPS) is 19.6. The maximum atomic E-state index is 12.8. The van der Waals surface area contributed by atoms with Crippen molar-refractivity contribution in [3.05, 3.63) is 35.4 Å². The van der Waals surface area contributed by atoms with Crippen molar-refractivity contribution in [3.8, 4) is 0 Å². The first-order valence-electron chi connectivity index (χ1n) is 6.14. The summed E-state index contributed by atoms with van der Waals surface area (Å²) in [5.74, 6) is -0.110. The van der Waals surface area contributed by atoms with Crippen LogP contribution in [0.4, 0.5) is 13.2 Å². The molecular formula is C12H15F3N2O2S. The van der Waals surface area contributed by atoms with Crippen LogP contribution < -0.4 is 10.0 Å². The van der Waals surface area contributed by atoms with Crippen LogP contribution in [0.2, 0.25) is 0 Å². The van der Waals surface area contributed by atoms with Crippen LogP contribution in [-0.4, -0.2) is 26.8 Å². The smallest absolute Gasteiger partial charge is 0.313 e. The maximum absolute atomic E-state index is 12.8. The van der Waals surface area contributed by atoms with E-state index in [4.69, 9.17) is 0 Å². The van der Waals surface area contributed by atoms with Gasteiger partial charge >= 0.3 is 6.18 Å². The molecule has 0 aliphatic carbocycles. The van der Waals surface area contributed by atoms with Gasteiger partial charge in [-0.3, -0.25) is 0 Å². The van der Waals surface area contributed by atoms with Crippen LogP contribution in [0.25, 0.3) is 0 Å². The molecule has 1 aliphatic heterocycles. The lowest BCUT2D eigenvalue weighted by atomic mass is 10.1. The van der Waals surface area contributed by atoms with E-state index in [-0.39, 0.29) is 23.9 Å². The fourth-order valence-corrected chi connectivity index (χ4v) is 3.26. The first kappa shape index (κ1) is 15.3. The van der Waals surface area contributed by atoms with Gasteiger partial charge < -0.3 is 5.32 Å². The summed E-state index contributed by atoms with van der Waals surface area (Å²) in [6.07, 6.45) is -3.72. The van der Waals surface area contributed by atoms with Crippen molar-refractivity contribution in [2.45, 2.75) is 25.2 Å². The van der Waals surface area contributed by atoms with Gasteiger partial charge in [0.1, 0.15) is 0 Å². The molecule has 4 nitrogen and oxygen atoms in total. The molecule has 1 unspecified atom stereocenters. The monoisotopic (exact) mass is 308 g/mol. The number of sulfonamides is 1. The summed E-state index contributed by atoms with van der Waals surface area (Å²) in [6.45, 7) is 0.418. The molecule has 0 radical (unpaired) electrons. The second-order valence-corrected chi connectivity index (χ2v) is 6.55. The SMILES string of the molecule is O=S(=O)(CC1CCN1)NCc1ccccc1C(F)(F)F. The minimum Gasteiger partial charge on any atom is -0.313 e. The molecule has 2 rings (SSSR count). The van der Waals surface area contributed by atoms with Crippen LogP contribution in [0.15, 0.2) is 24.3 Å². The van der Waals surface area contributed by atoms with Crippen LogP contribution >= 0.6 is 0 Å². The third-order valence-electron chi connectivity index (χ3n) is 3.15. The maximum Gasteiger partial charge on any atom is 0.416 e. The molecule has 0 aromatic heterocycles. The number of hydrogen-bond acceptors (Lipinski definition) is 3. The van der Waals surface area contributed by atoms with Gasteiger partial charge in [-0.15, -0.1) is 0 Å². The Labute approximate surface area is 115 Å². The fourth-order valence-electron chi connectivity index (χ4n) is 1.95. The average Bonchev–Trinajstić information content (AvgIpc) is 2.31. The van der Waals surface area contributed by atoms with Crippen LogP contribution in [0, 0.1) is 0 Å². The van der Waals surface area contributed by atoms with Gasteiger partial charge in [0.25, 0.3) is 0 Å². The molecule has 1 fully saturated rings. The van der Waals surface area contributed by atoms with E-state index in [0.717, 1.165) is 19.0 Å². The Balaban J connectivity index is 2.03. The summed E-state index contributed by atoms with van der Waals surface area (Å²) in [5, 5.41) is 2.94. The van der Waals surface area contributed by atoms with Crippen molar-refractivity contribution in [1.82, 2.24) is 10.0 Å². The van der Waals surface area contributed by atoms with Gasteiger partial charge in [0.15, 0.2) is 0 Å². The standard InChI is InChI=1S/C12H15F3N2O2S/c13-12(14,15)11-4-2-1-3-9(11)7-17-20(18,19)8-10-5-6-16-10/h1-4,10,16-17H,5-8H2. The molecule has 0 amide bonds. The van der Waals surface area contributed by atoms with Gasteiger partial charge in [0.05, 0.1) is 11.3 Å². The first-order valence-corrected chi connectivity index (χ1v) is 7.79. The van der Waals surface area contributed by atoms with Crippen LogP contribution in [0.3, 0.4) is 0 Å². The van der Waals surface area contributed by atoms with E-state index in [0.29, 0.717) is 0 Å². The minimum absolute atomic E-state index is 0.0786. The highest BCUT2D eigenvalue weighted by atomic mass is 32.2. The average molecular weight is 308 g/mol. The highest BCUT2D eigenvalue weighted by Gasteiger charge is 2.33. The second kappa shape index (κ2) is 5.71. The van der Waals surface area contributed by atoms with Crippen molar-refractivity contribution in [2.75, 3.05) is 12.3 Å². The van der Waals surface area contributed by atoms with Gasteiger partial charge in [0.2, 0.25) is 10.0 Å². The molecule has 1 aliphatic rings. The van der Waals surface area contributed by atoms with Crippen molar-refractivity contribution in [3.63, 3.8) is 0 Å². The third kappa shape index (κ3) is 3.94. The number of alkyl halides is 3. The quantitative estimate of drug-likeness (QED) is 0.866. The third-order valence-corrected chi connectivity index (χ3v) is 4.58. The van der Waals surface area contributed by atoms with Crippen LogP contribution in [0.5, 0.6) is 0 Å². The Morgan fingerprint density at radius 3 is 2.50 bits per heavy atom. The largest absolute Gasteiger partial charge is 0.416 e. The lowest BCUT2D eigenvalue weighted by Gasteiger charge is -2.27. The molecule has 20 heavy (non-hydrogen) atoms. The number of nitrogens with one attached hydrogen (secondary N) is 2. The highest BCUT2D eigenvalue weighted by molar-refractivity contribution is 7.89. The van der Waals surface area contributed by atoms with Gasteiger partial charge in [-0.05, 0) is 24.6 Å².